The minimum Gasteiger partial charge on any atom is -0.311 e. The molecule has 3 heteroatoms. The van der Waals surface area contributed by atoms with Crippen LogP contribution in [0.2, 0.25) is 0 Å². The molecule has 1 rings (SSSR count). The number of nitrogens with one attached hydrogen (secondary N) is 1. The van der Waals surface area contributed by atoms with E-state index in [1.807, 2.05) is 13.1 Å². The Morgan fingerprint density at radius 1 is 1.64 bits per heavy atom. The van der Waals surface area contributed by atoms with Crippen molar-refractivity contribution in [3.05, 3.63) is 36.4 Å². The zero-order valence-electron chi connectivity index (χ0n) is 8.83. The van der Waals surface area contributed by atoms with Crippen LogP contribution >= 0.6 is 0 Å². The van der Waals surface area contributed by atoms with Crippen LogP contribution in [0.25, 0.3) is 0 Å². The molecule has 14 heavy (non-hydrogen) atoms. The van der Waals surface area contributed by atoms with Crippen molar-refractivity contribution in [3.63, 3.8) is 0 Å². The number of hydrogen-bond donors (Lipinski definition) is 1. The maximum absolute atomic E-state index is 4.22. The molecule has 1 N–H and O–H groups in total. The van der Waals surface area contributed by atoms with E-state index in [-0.39, 0.29) is 6.04 Å². The second-order valence-electron chi connectivity index (χ2n) is 3.28. The summed E-state index contributed by atoms with van der Waals surface area (Å²) in [7, 11) is 1.94. The molecule has 0 aromatic carbocycles. The average Bonchev–Trinajstić information content (AvgIpc) is 2.26. The fraction of sp³-hybridized carbons (Fsp3) is 0.455. The Balaban J connectivity index is 2.68. The molecule has 3 nitrogen and oxygen atoms in total. The van der Waals surface area contributed by atoms with Crippen LogP contribution in [-0.2, 0) is 0 Å². The first-order valence-electron chi connectivity index (χ1n) is 4.87. The predicted octanol–water partition coefficient (Wildman–Crippen LogP) is 2.09. The molecule has 0 fully saturated rings. The van der Waals surface area contributed by atoms with Crippen LogP contribution in [0.5, 0.6) is 0 Å². The summed E-state index contributed by atoms with van der Waals surface area (Å²) in [6.45, 7) is 6.12. The summed E-state index contributed by atoms with van der Waals surface area (Å²) >= 11 is 0. The van der Waals surface area contributed by atoms with Crippen molar-refractivity contribution in [2.45, 2.75) is 25.8 Å². The number of aromatic nitrogens is 2. The lowest BCUT2D eigenvalue weighted by molar-refractivity contribution is 0.566. The van der Waals surface area contributed by atoms with Gasteiger partial charge in [0.25, 0.3) is 0 Å². The maximum atomic E-state index is 4.22. The molecule has 1 aromatic heterocycles. The van der Waals surface area contributed by atoms with E-state index in [9.17, 15) is 0 Å². The van der Waals surface area contributed by atoms with Gasteiger partial charge in [-0.15, -0.1) is 0 Å². The summed E-state index contributed by atoms with van der Waals surface area (Å²) in [6, 6.07) is 2.19. The first-order valence-corrected chi connectivity index (χ1v) is 4.87. The fourth-order valence-corrected chi connectivity index (χ4v) is 1.29. The largest absolute Gasteiger partial charge is 0.311 e. The third kappa shape index (κ3) is 2.92. The molecule has 0 bridgehead atoms. The molecule has 0 aliphatic carbocycles. The highest BCUT2D eigenvalue weighted by Crippen LogP contribution is 2.18. The van der Waals surface area contributed by atoms with Crippen molar-refractivity contribution in [3.8, 4) is 0 Å². The van der Waals surface area contributed by atoms with Crippen LogP contribution in [0.3, 0.4) is 0 Å². The molecule has 1 aromatic rings. The molecular formula is C11H17N3. The minimum absolute atomic E-state index is 0.255. The van der Waals surface area contributed by atoms with Gasteiger partial charge in [-0.05, 0) is 26.0 Å². The molecule has 0 amide bonds. The molecule has 0 aliphatic heterocycles. The van der Waals surface area contributed by atoms with Crippen molar-refractivity contribution in [2.75, 3.05) is 7.05 Å². The lowest BCUT2D eigenvalue weighted by atomic mass is 10.0. The molecular weight excluding hydrogens is 174 g/mol. The highest BCUT2D eigenvalue weighted by Gasteiger charge is 2.10. The van der Waals surface area contributed by atoms with E-state index in [1.54, 1.807) is 12.5 Å². The summed E-state index contributed by atoms with van der Waals surface area (Å²) in [5.74, 6) is 0. The Hall–Kier alpha value is -1.22. The standard InChI is InChI=1S/C11H17N3/c1-4-9(2)7-11(12-3)10-5-6-13-8-14-10/h5-6,8,11-12H,2,4,7H2,1,3H3. The Labute approximate surface area is 85.3 Å². The second-order valence-corrected chi connectivity index (χ2v) is 3.28. The second kappa shape index (κ2) is 5.50. The van der Waals surface area contributed by atoms with Crippen molar-refractivity contribution >= 4 is 0 Å². The SMILES string of the molecule is C=C(CC)CC(NC)c1ccncn1. The highest BCUT2D eigenvalue weighted by atomic mass is 14.9. The molecule has 1 unspecified atom stereocenters. The molecule has 1 heterocycles. The van der Waals surface area contributed by atoms with Crippen molar-refractivity contribution in [2.24, 2.45) is 0 Å². The van der Waals surface area contributed by atoms with Gasteiger partial charge in [0.2, 0.25) is 0 Å². The molecule has 1 atom stereocenters. The van der Waals surface area contributed by atoms with Gasteiger partial charge in [-0.25, -0.2) is 9.97 Å². The van der Waals surface area contributed by atoms with Crippen LogP contribution in [0, 0.1) is 0 Å². The number of rotatable bonds is 5. The van der Waals surface area contributed by atoms with Crippen molar-refractivity contribution in [1.29, 1.82) is 0 Å². The van der Waals surface area contributed by atoms with Gasteiger partial charge in [0.05, 0.1) is 11.7 Å². The predicted molar refractivity (Wildman–Crippen MR) is 57.9 cm³/mol. The van der Waals surface area contributed by atoms with E-state index in [2.05, 4.69) is 28.8 Å². The number of hydrogen-bond acceptors (Lipinski definition) is 3. The van der Waals surface area contributed by atoms with Crippen LogP contribution in [-0.4, -0.2) is 17.0 Å². The summed E-state index contributed by atoms with van der Waals surface area (Å²) in [6.07, 6.45) is 5.29. The topological polar surface area (TPSA) is 37.8 Å². The quantitative estimate of drug-likeness (QED) is 0.724. The summed E-state index contributed by atoms with van der Waals surface area (Å²) in [5.41, 5.74) is 2.26. The van der Waals surface area contributed by atoms with Crippen molar-refractivity contribution in [1.82, 2.24) is 15.3 Å². The minimum atomic E-state index is 0.255. The number of nitrogens with zero attached hydrogens (tertiary/aromatic N) is 2. The van der Waals surface area contributed by atoms with Crippen LogP contribution < -0.4 is 5.32 Å². The summed E-state index contributed by atoms with van der Waals surface area (Å²) in [5, 5.41) is 3.23. The zero-order chi connectivity index (χ0) is 10.4. The molecule has 0 spiro atoms. The third-order valence-electron chi connectivity index (χ3n) is 2.30. The van der Waals surface area contributed by atoms with E-state index in [4.69, 9.17) is 0 Å². The highest BCUT2D eigenvalue weighted by molar-refractivity contribution is 5.09. The van der Waals surface area contributed by atoms with E-state index in [0.29, 0.717) is 0 Å². The van der Waals surface area contributed by atoms with Gasteiger partial charge < -0.3 is 5.32 Å². The summed E-state index contributed by atoms with van der Waals surface area (Å²) in [4.78, 5) is 8.12. The Morgan fingerprint density at radius 3 is 2.93 bits per heavy atom. The van der Waals surface area contributed by atoms with Gasteiger partial charge >= 0.3 is 0 Å². The van der Waals surface area contributed by atoms with Crippen LogP contribution in [0.15, 0.2) is 30.7 Å². The normalized spacial score (nSPS) is 12.4. The Bertz CT molecular complexity index is 282. The van der Waals surface area contributed by atoms with E-state index >= 15 is 0 Å². The van der Waals surface area contributed by atoms with Crippen LogP contribution in [0.1, 0.15) is 31.5 Å². The molecule has 0 saturated carbocycles. The smallest absolute Gasteiger partial charge is 0.115 e. The van der Waals surface area contributed by atoms with E-state index in [0.717, 1.165) is 18.5 Å². The van der Waals surface area contributed by atoms with Gasteiger partial charge in [-0.2, -0.15) is 0 Å². The Morgan fingerprint density at radius 2 is 2.43 bits per heavy atom. The Kier molecular flexibility index (Phi) is 4.26. The lowest BCUT2D eigenvalue weighted by Crippen LogP contribution is -2.18. The monoisotopic (exact) mass is 191 g/mol. The van der Waals surface area contributed by atoms with Gasteiger partial charge in [-0.1, -0.05) is 19.1 Å². The van der Waals surface area contributed by atoms with Crippen molar-refractivity contribution < 1.29 is 0 Å². The van der Waals surface area contributed by atoms with E-state index in [1.165, 1.54) is 5.57 Å². The molecule has 0 radical (unpaired) electrons. The van der Waals surface area contributed by atoms with E-state index < -0.39 is 0 Å². The zero-order valence-corrected chi connectivity index (χ0v) is 8.83. The molecule has 0 saturated heterocycles. The average molecular weight is 191 g/mol. The van der Waals surface area contributed by atoms with Gasteiger partial charge in [0.15, 0.2) is 0 Å². The maximum Gasteiger partial charge on any atom is 0.115 e. The van der Waals surface area contributed by atoms with Gasteiger partial charge in [-0.3, -0.25) is 0 Å². The van der Waals surface area contributed by atoms with Gasteiger partial charge in [0, 0.05) is 6.20 Å². The van der Waals surface area contributed by atoms with Gasteiger partial charge in [0.1, 0.15) is 6.33 Å². The lowest BCUT2D eigenvalue weighted by Gasteiger charge is -2.15. The molecule has 76 valence electrons. The molecule has 0 aliphatic rings. The fourth-order valence-electron chi connectivity index (χ4n) is 1.29. The van der Waals surface area contributed by atoms with Crippen LogP contribution in [0.4, 0.5) is 0 Å². The summed E-state index contributed by atoms with van der Waals surface area (Å²) < 4.78 is 0. The third-order valence-corrected chi connectivity index (χ3v) is 2.30. The first kappa shape index (κ1) is 10.9. The first-order chi connectivity index (χ1) is 6.77.